The molecule has 0 aliphatic heterocycles. The van der Waals surface area contributed by atoms with E-state index >= 15 is 0 Å². The molecule has 3 aromatic rings. The van der Waals surface area contributed by atoms with Crippen molar-refractivity contribution in [3.63, 3.8) is 0 Å². The largest absolute Gasteiger partial charge is 0.497 e. The van der Waals surface area contributed by atoms with Gasteiger partial charge < -0.3 is 19.5 Å². The van der Waals surface area contributed by atoms with Crippen LogP contribution >= 0.6 is 11.6 Å². The quantitative estimate of drug-likeness (QED) is 0.546. The van der Waals surface area contributed by atoms with Gasteiger partial charge in [-0.2, -0.15) is 0 Å². The Morgan fingerprint density at radius 3 is 2.03 bits per heavy atom. The van der Waals surface area contributed by atoms with E-state index in [9.17, 15) is 4.79 Å². The molecule has 1 atom stereocenters. The molecule has 0 aromatic heterocycles. The fourth-order valence-electron chi connectivity index (χ4n) is 3.18. The second-order valence-electron chi connectivity index (χ2n) is 6.70. The van der Waals surface area contributed by atoms with Gasteiger partial charge in [-0.1, -0.05) is 35.9 Å². The lowest BCUT2D eigenvalue weighted by atomic mass is 9.98. The zero-order chi connectivity index (χ0) is 21.5. The van der Waals surface area contributed by atoms with E-state index in [1.54, 1.807) is 32.4 Å². The SMILES string of the molecule is COc1ccc(CC(NC(=O)c2cc(Cl)ccc2OC)c2ccc(OC)cc2)cc1. The van der Waals surface area contributed by atoms with Gasteiger partial charge in [-0.15, -0.1) is 0 Å². The van der Waals surface area contributed by atoms with Crippen LogP contribution in [0.1, 0.15) is 27.5 Å². The summed E-state index contributed by atoms with van der Waals surface area (Å²) >= 11 is 6.10. The summed E-state index contributed by atoms with van der Waals surface area (Å²) in [6.45, 7) is 0. The fraction of sp³-hybridized carbons (Fsp3) is 0.208. The van der Waals surface area contributed by atoms with E-state index in [4.69, 9.17) is 25.8 Å². The number of halogens is 1. The summed E-state index contributed by atoms with van der Waals surface area (Å²) in [5, 5.41) is 3.59. The van der Waals surface area contributed by atoms with E-state index < -0.39 is 0 Å². The number of amides is 1. The van der Waals surface area contributed by atoms with Crippen LogP contribution in [0.2, 0.25) is 5.02 Å². The summed E-state index contributed by atoms with van der Waals surface area (Å²) in [7, 11) is 4.78. The van der Waals surface area contributed by atoms with Crippen molar-refractivity contribution in [3.8, 4) is 17.2 Å². The van der Waals surface area contributed by atoms with E-state index in [1.807, 2.05) is 48.5 Å². The number of carbonyl (C=O) groups is 1. The number of rotatable bonds is 8. The van der Waals surface area contributed by atoms with Gasteiger partial charge in [0.25, 0.3) is 5.91 Å². The first-order valence-electron chi connectivity index (χ1n) is 9.45. The minimum absolute atomic E-state index is 0.260. The number of ether oxygens (including phenoxy) is 3. The number of nitrogens with one attached hydrogen (secondary N) is 1. The lowest BCUT2D eigenvalue weighted by Gasteiger charge is -2.21. The molecule has 0 heterocycles. The molecule has 0 aliphatic carbocycles. The number of methoxy groups -OCH3 is 3. The normalized spacial score (nSPS) is 11.5. The Bertz CT molecular complexity index is 987. The first kappa shape index (κ1) is 21.5. The van der Waals surface area contributed by atoms with E-state index in [-0.39, 0.29) is 11.9 Å². The van der Waals surface area contributed by atoms with Crippen LogP contribution in [0.5, 0.6) is 17.2 Å². The summed E-state index contributed by atoms with van der Waals surface area (Å²) in [5.74, 6) is 1.75. The summed E-state index contributed by atoms with van der Waals surface area (Å²) in [5.41, 5.74) is 2.41. The van der Waals surface area contributed by atoms with Crippen molar-refractivity contribution < 1.29 is 19.0 Å². The van der Waals surface area contributed by atoms with Crippen LogP contribution in [0.25, 0.3) is 0 Å². The van der Waals surface area contributed by atoms with Crippen LogP contribution in [-0.4, -0.2) is 27.2 Å². The van der Waals surface area contributed by atoms with E-state index in [0.717, 1.165) is 22.6 Å². The van der Waals surface area contributed by atoms with Crippen LogP contribution in [0, 0.1) is 0 Å². The standard InChI is InChI=1S/C24H24ClNO4/c1-28-19-9-4-16(5-10-19)14-22(17-6-11-20(29-2)12-7-17)26-24(27)21-15-18(25)8-13-23(21)30-3/h4-13,15,22H,14H2,1-3H3,(H,26,27). The van der Waals surface area contributed by atoms with Gasteiger partial charge in [0.2, 0.25) is 0 Å². The lowest BCUT2D eigenvalue weighted by molar-refractivity contribution is 0.0933. The summed E-state index contributed by atoms with van der Waals surface area (Å²) < 4.78 is 15.8. The van der Waals surface area contributed by atoms with Gasteiger partial charge in [-0.25, -0.2) is 0 Å². The molecular weight excluding hydrogens is 402 g/mol. The molecule has 3 aromatic carbocycles. The van der Waals surface area contributed by atoms with Gasteiger partial charge in [0.15, 0.2) is 0 Å². The fourth-order valence-corrected chi connectivity index (χ4v) is 3.35. The van der Waals surface area contributed by atoms with Crippen molar-refractivity contribution in [2.45, 2.75) is 12.5 Å². The minimum atomic E-state index is -0.263. The van der Waals surface area contributed by atoms with Crippen molar-refractivity contribution in [3.05, 3.63) is 88.4 Å². The molecule has 0 saturated heterocycles. The number of hydrogen-bond donors (Lipinski definition) is 1. The highest BCUT2D eigenvalue weighted by Crippen LogP contribution is 2.26. The Kier molecular flexibility index (Phi) is 7.20. The molecule has 1 N–H and O–H groups in total. The third-order valence-corrected chi connectivity index (χ3v) is 5.06. The van der Waals surface area contributed by atoms with Crippen molar-refractivity contribution in [2.75, 3.05) is 21.3 Å². The van der Waals surface area contributed by atoms with Crippen molar-refractivity contribution in [1.82, 2.24) is 5.32 Å². The van der Waals surface area contributed by atoms with Gasteiger partial charge in [-0.3, -0.25) is 4.79 Å². The van der Waals surface area contributed by atoms with Crippen LogP contribution in [0.15, 0.2) is 66.7 Å². The van der Waals surface area contributed by atoms with E-state index in [2.05, 4.69) is 5.32 Å². The van der Waals surface area contributed by atoms with E-state index in [0.29, 0.717) is 22.8 Å². The van der Waals surface area contributed by atoms with Crippen LogP contribution in [0.4, 0.5) is 0 Å². The third-order valence-electron chi connectivity index (χ3n) is 4.83. The first-order valence-corrected chi connectivity index (χ1v) is 9.83. The average molecular weight is 426 g/mol. The number of hydrogen-bond acceptors (Lipinski definition) is 4. The summed E-state index contributed by atoms with van der Waals surface area (Å²) in [6.07, 6.45) is 0.602. The maximum absolute atomic E-state index is 13.1. The minimum Gasteiger partial charge on any atom is -0.497 e. The molecule has 30 heavy (non-hydrogen) atoms. The van der Waals surface area contributed by atoms with Crippen LogP contribution < -0.4 is 19.5 Å². The molecule has 6 heteroatoms. The van der Waals surface area contributed by atoms with Crippen LogP contribution in [0.3, 0.4) is 0 Å². The maximum atomic E-state index is 13.1. The predicted octanol–water partition coefficient (Wildman–Crippen LogP) is 5.08. The summed E-state index contributed by atoms with van der Waals surface area (Å²) in [4.78, 5) is 13.1. The van der Waals surface area contributed by atoms with Gasteiger partial charge in [-0.05, 0) is 60.0 Å². The lowest BCUT2D eigenvalue weighted by Crippen LogP contribution is -2.30. The van der Waals surface area contributed by atoms with E-state index in [1.165, 1.54) is 7.11 Å². The van der Waals surface area contributed by atoms with Crippen molar-refractivity contribution in [1.29, 1.82) is 0 Å². The average Bonchev–Trinajstić information content (AvgIpc) is 2.79. The first-order chi connectivity index (χ1) is 14.5. The Labute approximate surface area is 181 Å². The molecule has 1 amide bonds. The Balaban J connectivity index is 1.89. The molecule has 1 unspecified atom stereocenters. The monoisotopic (exact) mass is 425 g/mol. The second kappa shape index (κ2) is 10.0. The Morgan fingerprint density at radius 1 is 0.867 bits per heavy atom. The summed E-state index contributed by atoms with van der Waals surface area (Å²) in [6, 6.07) is 20.1. The Hall–Kier alpha value is -3.18. The van der Waals surface area contributed by atoms with Gasteiger partial charge in [0.05, 0.1) is 32.9 Å². The topological polar surface area (TPSA) is 56.8 Å². The van der Waals surface area contributed by atoms with Gasteiger partial charge in [0, 0.05) is 5.02 Å². The van der Waals surface area contributed by atoms with Crippen molar-refractivity contribution >= 4 is 17.5 Å². The molecule has 0 aliphatic rings. The Morgan fingerprint density at radius 2 is 1.47 bits per heavy atom. The highest BCUT2D eigenvalue weighted by molar-refractivity contribution is 6.31. The van der Waals surface area contributed by atoms with Crippen molar-refractivity contribution in [2.24, 2.45) is 0 Å². The molecule has 0 radical (unpaired) electrons. The highest BCUT2D eigenvalue weighted by atomic mass is 35.5. The molecule has 156 valence electrons. The van der Waals surface area contributed by atoms with Gasteiger partial charge in [0.1, 0.15) is 17.2 Å². The van der Waals surface area contributed by atoms with Crippen LogP contribution in [-0.2, 0) is 6.42 Å². The molecule has 0 saturated carbocycles. The second-order valence-corrected chi connectivity index (χ2v) is 7.13. The molecule has 0 spiro atoms. The molecule has 0 fully saturated rings. The molecule has 5 nitrogen and oxygen atoms in total. The zero-order valence-corrected chi connectivity index (χ0v) is 17.9. The van der Waals surface area contributed by atoms with Gasteiger partial charge >= 0.3 is 0 Å². The molecule has 0 bridgehead atoms. The maximum Gasteiger partial charge on any atom is 0.255 e. The number of carbonyl (C=O) groups excluding carboxylic acids is 1. The predicted molar refractivity (Wildman–Crippen MR) is 118 cm³/mol. The highest BCUT2D eigenvalue weighted by Gasteiger charge is 2.20. The third kappa shape index (κ3) is 5.24. The smallest absolute Gasteiger partial charge is 0.255 e. The zero-order valence-electron chi connectivity index (χ0n) is 17.1. The number of benzene rings is 3. The molecular formula is C24H24ClNO4. The molecule has 3 rings (SSSR count).